The lowest BCUT2D eigenvalue weighted by Crippen LogP contribution is -2.35. The second-order valence-corrected chi connectivity index (χ2v) is 4.93. The molecule has 102 valence electrons. The number of aromatic nitrogens is 2. The van der Waals surface area contributed by atoms with Crippen LogP contribution in [-0.2, 0) is 4.74 Å². The Bertz CT molecular complexity index is 379. The topological polar surface area (TPSA) is 64.3 Å². The molecule has 0 unspecified atom stereocenters. The summed E-state index contributed by atoms with van der Waals surface area (Å²) in [5.74, 6) is 1.78. The lowest BCUT2D eigenvalue weighted by Gasteiger charge is -2.30. The number of nitrogens with zero attached hydrogens (tertiary/aromatic N) is 3. The highest BCUT2D eigenvalue weighted by atomic mass is 16.5. The molecule has 2 N–H and O–H groups in total. The van der Waals surface area contributed by atoms with Crippen molar-refractivity contribution >= 4 is 11.6 Å². The van der Waals surface area contributed by atoms with Crippen LogP contribution in [0.4, 0.5) is 11.6 Å². The Hall–Kier alpha value is -1.36. The predicted octanol–water partition coefficient (Wildman–Crippen LogP) is 2.04. The Morgan fingerprint density at radius 2 is 1.94 bits per heavy atom. The van der Waals surface area contributed by atoms with Gasteiger partial charge in [-0.3, -0.25) is 0 Å². The summed E-state index contributed by atoms with van der Waals surface area (Å²) in [5, 5.41) is 0. The molecule has 1 aromatic rings. The molecule has 5 heteroatoms. The van der Waals surface area contributed by atoms with E-state index in [-0.39, 0.29) is 0 Å². The summed E-state index contributed by atoms with van der Waals surface area (Å²) < 4.78 is 5.16. The maximum atomic E-state index is 5.98. The molecule has 0 atom stereocenters. The van der Waals surface area contributed by atoms with Gasteiger partial charge in [0, 0.05) is 25.3 Å². The number of methoxy groups -OCH3 is 1. The first-order chi connectivity index (χ1) is 8.49. The van der Waals surface area contributed by atoms with Gasteiger partial charge in [0.25, 0.3) is 0 Å². The molecule has 0 aliphatic heterocycles. The van der Waals surface area contributed by atoms with Crippen LogP contribution in [0, 0.1) is 0 Å². The van der Waals surface area contributed by atoms with Crippen molar-refractivity contribution in [2.24, 2.45) is 0 Å². The Labute approximate surface area is 109 Å². The van der Waals surface area contributed by atoms with Crippen LogP contribution in [0.5, 0.6) is 0 Å². The van der Waals surface area contributed by atoms with E-state index >= 15 is 0 Å². The van der Waals surface area contributed by atoms with Crippen molar-refractivity contribution in [2.45, 2.75) is 39.7 Å². The maximum absolute atomic E-state index is 5.98. The van der Waals surface area contributed by atoms with Crippen molar-refractivity contribution in [1.82, 2.24) is 9.97 Å². The van der Waals surface area contributed by atoms with Crippen molar-refractivity contribution < 1.29 is 4.74 Å². The second-order valence-electron chi connectivity index (χ2n) is 4.93. The minimum atomic E-state index is 0.296. The van der Waals surface area contributed by atoms with Crippen LogP contribution in [0.25, 0.3) is 0 Å². The standard InChI is InChI=1S/C13H24N4O/c1-9(2)11-12(14)15-8-16-13(11)17(10(3)4)6-7-18-5/h8-10H,6-7H2,1-5H3,(H2,14,15,16). The molecule has 0 aliphatic rings. The first kappa shape index (κ1) is 14.7. The molecule has 0 radical (unpaired) electrons. The van der Waals surface area contributed by atoms with Gasteiger partial charge >= 0.3 is 0 Å². The first-order valence-corrected chi connectivity index (χ1v) is 6.35. The smallest absolute Gasteiger partial charge is 0.137 e. The van der Waals surface area contributed by atoms with Gasteiger partial charge in [-0.15, -0.1) is 0 Å². The van der Waals surface area contributed by atoms with Gasteiger partial charge in [0.05, 0.1) is 6.61 Å². The molecule has 0 saturated heterocycles. The molecule has 18 heavy (non-hydrogen) atoms. The Balaban J connectivity index is 3.14. The average Bonchev–Trinajstić information content (AvgIpc) is 2.28. The van der Waals surface area contributed by atoms with Crippen LogP contribution in [-0.4, -0.2) is 36.3 Å². The minimum Gasteiger partial charge on any atom is -0.383 e. The fourth-order valence-corrected chi connectivity index (χ4v) is 1.98. The van der Waals surface area contributed by atoms with Gasteiger partial charge in [0.1, 0.15) is 18.0 Å². The van der Waals surface area contributed by atoms with Crippen molar-refractivity contribution in [2.75, 3.05) is 30.9 Å². The van der Waals surface area contributed by atoms with Gasteiger partial charge in [-0.1, -0.05) is 13.8 Å². The van der Waals surface area contributed by atoms with Crippen LogP contribution in [0.15, 0.2) is 6.33 Å². The zero-order valence-electron chi connectivity index (χ0n) is 12.0. The molecule has 0 bridgehead atoms. The predicted molar refractivity (Wildman–Crippen MR) is 74.9 cm³/mol. The van der Waals surface area contributed by atoms with Gasteiger partial charge in [-0.25, -0.2) is 9.97 Å². The fourth-order valence-electron chi connectivity index (χ4n) is 1.98. The van der Waals surface area contributed by atoms with E-state index in [0.717, 1.165) is 17.9 Å². The number of anilines is 2. The number of hydrogen-bond donors (Lipinski definition) is 1. The van der Waals surface area contributed by atoms with Gasteiger partial charge < -0.3 is 15.4 Å². The molecule has 0 aromatic carbocycles. The normalized spacial score (nSPS) is 11.3. The van der Waals surface area contributed by atoms with Gasteiger partial charge in [-0.2, -0.15) is 0 Å². The summed E-state index contributed by atoms with van der Waals surface area (Å²) in [6.45, 7) is 9.95. The highest BCUT2D eigenvalue weighted by Gasteiger charge is 2.20. The Morgan fingerprint density at radius 3 is 2.44 bits per heavy atom. The summed E-state index contributed by atoms with van der Waals surface area (Å²) >= 11 is 0. The summed E-state index contributed by atoms with van der Waals surface area (Å²) in [6, 6.07) is 0.340. The third-order valence-electron chi connectivity index (χ3n) is 2.90. The molecule has 1 heterocycles. The van der Waals surface area contributed by atoms with E-state index in [1.54, 1.807) is 7.11 Å². The number of nitrogens with two attached hydrogens (primary N) is 1. The number of rotatable bonds is 6. The fraction of sp³-hybridized carbons (Fsp3) is 0.692. The number of hydrogen-bond acceptors (Lipinski definition) is 5. The second kappa shape index (κ2) is 6.54. The minimum absolute atomic E-state index is 0.296. The van der Waals surface area contributed by atoms with E-state index in [9.17, 15) is 0 Å². The van der Waals surface area contributed by atoms with Crippen molar-refractivity contribution in [3.63, 3.8) is 0 Å². The van der Waals surface area contributed by atoms with Crippen LogP contribution in [0.3, 0.4) is 0 Å². The zero-order valence-corrected chi connectivity index (χ0v) is 12.0. The van der Waals surface area contributed by atoms with E-state index in [0.29, 0.717) is 24.4 Å². The molecule has 0 saturated carbocycles. The molecular weight excluding hydrogens is 228 g/mol. The summed E-state index contributed by atoms with van der Waals surface area (Å²) in [5.41, 5.74) is 7.00. The number of nitrogen functional groups attached to an aromatic ring is 1. The third kappa shape index (κ3) is 3.32. The highest BCUT2D eigenvalue weighted by Crippen LogP contribution is 2.29. The first-order valence-electron chi connectivity index (χ1n) is 6.35. The van der Waals surface area contributed by atoms with E-state index in [1.165, 1.54) is 6.33 Å². The largest absolute Gasteiger partial charge is 0.383 e. The molecule has 0 aliphatic carbocycles. The lowest BCUT2D eigenvalue weighted by atomic mass is 10.0. The monoisotopic (exact) mass is 252 g/mol. The van der Waals surface area contributed by atoms with Crippen molar-refractivity contribution in [3.05, 3.63) is 11.9 Å². The van der Waals surface area contributed by atoms with E-state index in [2.05, 4.69) is 42.6 Å². The highest BCUT2D eigenvalue weighted by molar-refractivity contribution is 5.58. The SMILES string of the molecule is COCCN(c1ncnc(N)c1C(C)C)C(C)C. The van der Waals surface area contributed by atoms with Gasteiger partial charge in [0.2, 0.25) is 0 Å². The molecule has 1 rings (SSSR count). The zero-order chi connectivity index (χ0) is 13.7. The van der Waals surface area contributed by atoms with Crippen molar-refractivity contribution in [1.29, 1.82) is 0 Å². The van der Waals surface area contributed by atoms with Gasteiger partial charge in [-0.05, 0) is 19.8 Å². The average molecular weight is 252 g/mol. The van der Waals surface area contributed by atoms with E-state index < -0.39 is 0 Å². The van der Waals surface area contributed by atoms with E-state index in [1.807, 2.05) is 0 Å². The lowest BCUT2D eigenvalue weighted by molar-refractivity contribution is 0.203. The molecule has 5 nitrogen and oxygen atoms in total. The van der Waals surface area contributed by atoms with Crippen molar-refractivity contribution in [3.8, 4) is 0 Å². The number of ether oxygens (including phenoxy) is 1. The Kier molecular flexibility index (Phi) is 5.34. The molecule has 0 spiro atoms. The molecule has 0 amide bonds. The molecule has 0 fully saturated rings. The molecular formula is C13H24N4O. The van der Waals surface area contributed by atoms with Crippen LogP contribution >= 0.6 is 0 Å². The van der Waals surface area contributed by atoms with Crippen LogP contribution < -0.4 is 10.6 Å². The van der Waals surface area contributed by atoms with Gasteiger partial charge in [0.15, 0.2) is 0 Å². The third-order valence-corrected chi connectivity index (χ3v) is 2.90. The maximum Gasteiger partial charge on any atom is 0.137 e. The van der Waals surface area contributed by atoms with E-state index in [4.69, 9.17) is 10.5 Å². The Morgan fingerprint density at radius 1 is 1.28 bits per heavy atom. The van der Waals surface area contributed by atoms with Crippen LogP contribution in [0.2, 0.25) is 0 Å². The van der Waals surface area contributed by atoms with Crippen LogP contribution in [0.1, 0.15) is 39.2 Å². The summed E-state index contributed by atoms with van der Waals surface area (Å²) in [6.07, 6.45) is 1.53. The molecule has 1 aromatic heterocycles. The quantitative estimate of drug-likeness (QED) is 0.839. The summed E-state index contributed by atoms with van der Waals surface area (Å²) in [4.78, 5) is 10.7. The summed E-state index contributed by atoms with van der Waals surface area (Å²) in [7, 11) is 1.70.